The molecule has 3 heteroatoms. The highest BCUT2D eigenvalue weighted by Gasteiger charge is 2.44. The summed E-state index contributed by atoms with van der Waals surface area (Å²) in [5.74, 6) is 0. The lowest BCUT2D eigenvalue weighted by Gasteiger charge is -2.36. The van der Waals surface area contributed by atoms with Crippen molar-refractivity contribution in [3.05, 3.63) is 65.2 Å². The molecular weight excluding hydrogens is 296 g/mol. The molecule has 0 bridgehead atoms. The number of aliphatic hydroxyl groups excluding tert-OH is 1. The molecule has 24 heavy (non-hydrogen) atoms. The van der Waals surface area contributed by atoms with Crippen molar-refractivity contribution in [3.8, 4) is 0 Å². The van der Waals surface area contributed by atoms with Gasteiger partial charge in [0.1, 0.15) is 0 Å². The molecule has 126 valence electrons. The number of rotatable bonds is 4. The van der Waals surface area contributed by atoms with E-state index in [-0.39, 0.29) is 12.0 Å². The monoisotopic (exact) mass is 322 g/mol. The second kappa shape index (κ2) is 6.58. The van der Waals surface area contributed by atoms with E-state index >= 15 is 0 Å². The number of nitrogens with one attached hydrogen (secondary N) is 1. The average Bonchev–Trinajstić information content (AvgIpc) is 2.91. The number of piperidine rings is 1. The molecule has 0 aromatic heterocycles. The lowest BCUT2D eigenvalue weighted by Crippen LogP contribution is -2.43. The molecule has 1 saturated heterocycles. The molecule has 2 aliphatic rings. The number of fused-ring (bicyclic) bond motifs is 2. The van der Waals surface area contributed by atoms with E-state index < -0.39 is 0 Å². The van der Waals surface area contributed by atoms with E-state index in [1.807, 2.05) is 0 Å². The molecule has 2 aromatic carbocycles. The summed E-state index contributed by atoms with van der Waals surface area (Å²) in [6.07, 6.45) is 3.14. The summed E-state index contributed by atoms with van der Waals surface area (Å²) in [7, 11) is 0. The summed E-state index contributed by atoms with van der Waals surface area (Å²) in [5.41, 5.74) is 5.85. The van der Waals surface area contributed by atoms with Gasteiger partial charge in [-0.15, -0.1) is 0 Å². The number of benzene rings is 2. The molecule has 1 fully saturated rings. The van der Waals surface area contributed by atoms with Gasteiger partial charge in [0.2, 0.25) is 0 Å². The molecule has 1 spiro atoms. The van der Waals surface area contributed by atoms with Crippen LogP contribution in [0, 0.1) is 0 Å². The van der Waals surface area contributed by atoms with Crippen molar-refractivity contribution in [3.63, 3.8) is 0 Å². The number of nitrogens with zero attached hydrogens (tertiary/aromatic N) is 1. The van der Waals surface area contributed by atoms with Crippen molar-refractivity contribution in [2.45, 2.75) is 31.2 Å². The van der Waals surface area contributed by atoms with E-state index in [2.05, 4.69) is 58.7 Å². The van der Waals surface area contributed by atoms with Crippen LogP contribution in [-0.4, -0.2) is 31.3 Å². The number of hydrogen-bond acceptors (Lipinski definition) is 3. The van der Waals surface area contributed by atoms with Gasteiger partial charge in [-0.1, -0.05) is 42.5 Å². The zero-order valence-corrected chi connectivity index (χ0v) is 14.2. The highest BCUT2D eigenvalue weighted by atomic mass is 16.2. The number of anilines is 1. The van der Waals surface area contributed by atoms with Crippen molar-refractivity contribution < 1.29 is 5.11 Å². The standard InChI is InChI=1S/C21H26N2O/c24-14-9-18-7-4-8-19-20(18)21(10-12-22-13-11-21)16-23(19)15-17-5-2-1-3-6-17/h1-8,22,24H,9-16H2. The molecule has 3 nitrogen and oxygen atoms in total. The maximum absolute atomic E-state index is 9.51. The summed E-state index contributed by atoms with van der Waals surface area (Å²) >= 11 is 0. The number of aliphatic hydroxyl groups is 1. The summed E-state index contributed by atoms with van der Waals surface area (Å²) < 4.78 is 0. The average molecular weight is 322 g/mol. The molecule has 0 atom stereocenters. The van der Waals surface area contributed by atoms with Crippen LogP contribution in [0.1, 0.15) is 29.5 Å². The molecule has 2 heterocycles. The van der Waals surface area contributed by atoms with Crippen LogP contribution in [0.25, 0.3) is 0 Å². The fraction of sp³-hybridized carbons (Fsp3) is 0.429. The highest BCUT2D eigenvalue weighted by molar-refractivity contribution is 5.66. The summed E-state index contributed by atoms with van der Waals surface area (Å²) in [5, 5.41) is 13.0. The second-order valence-electron chi connectivity index (χ2n) is 7.16. The fourth-order valence-corrected chi connectivity index (χ4v) is 4.58. The summed E-state index contributed by atoms with van der Waals surface area (Å²) in [6.45, 7) is 4.47. The van der Waals surface area contributed by atoms with Crippen LogP contribution in [0.15, 0.2) is 48.5 Å². The molecule has 0 radical (unpaired) electrons. The molecule has 4 rings (SSSR count). The first kappa shape index (κ1) is 15.7. The minimum absolute atomic E-state index is 0.226. The molecular formula is C21H26N2O. The minimum Gasteiger partial charge on any atom is -0.396 e. The summed E-state index contributed by atoms with van der Waals surface area (Å²) in [6, 6.07) is 17.4. The van der Waals surface area contributed by atoms with Crippen molar-refractivity contribution in [1.29, 1.82) is 0 Å². The van der Waals surface area contributed by atoms with Gasteiger partial charge in [0.25, 0.3) is 0 Å². The van der Waals surface area contributed by atoms with Crippen LogP contribution in [0.3, 0.4) is 0 Å². The third-order valence-corrected chi connectivity index (χ3v) is 5.65. The minimum atomic E-state index is 0.226. The maximum Gasteiger partial charge on any atom is 0.0471 e. The van der Waals surface area contributed by atoms with Gasteiger partial charge in [-0.25, -0.2) is 0 Å². The van der Waals surface area contributed by atoms with Crippen LogP contribution in [0.2, 0.25) is 0 Å². The Labute approximate surface area is 144 Å². The molecule has 2 aliphatic heterocycles. The van der Waals surface area contributed by atoms with Gasteiger partial charge >= 0.3 is 0 Å². The lowest BCUT2D eigenvalue weighted by atomic mass is 9.72. The van der Waals surface area contributed by atoms with Crippen molar-refractivity contribution in [2.75, 3.05) is 31.1 Å². The zero-order chi connectivity index (χ0) is 16.4. The van der Waals surface area contributed by atoms with Crippen molar-refractivity contribution >= 4 is 5.69 Å². The quantitative estimate of drug-likeness (QED) is 0.908. The fourth-order valence-electron chi connectivity index (χ4n) is 4.58. The molecule has 0 amide bonds. The predicted molar refractivity (Wildman–Crippen MR) is 98.5 cm³/mol. The lowest BCUT2D eigenvalue weighted by molar-refractivity contribution is 0.294. The van der Waals surface area contributed by atoms with Crippen LogP contribution < -0.4 is 10.2 Å². The van der Waals surface area contributed by atoms with Crippen molar-refractivity contribution in [1.82, 2.24) is 5.32 Å². The van der Waals surface area contributed by atoms with Crippen LogP contribution in [0.4, 0.5) is 5.69 Å². The first-order valence-electron chi connectivity index (χ1n) is 9.05. The van der Waals surface area contributed by atoms with Gasteiger partial charge < -0.3 is 15.3 Å². The van der Waals surface area contributed by atoms with Gasteiger partial charge in [-0.3, -0.25) is 0 Å². The van der Waals surface area contributed by atoms with E-state index in [1.165, 1.54) is 35.2 Å². The third-order valence-electron chi connectivity index (χ3n) is 5.65. The van der Waals surface area contributed by atoms with E-state index in [0.29, 0.717) is 0 Å². The van der Waals surface area contributed by atoms with Crippen LogP contribution >= 0.6 is 0 Å². The molecule has 0 unspecified atom stereocenters. The maximum atomic E-state index is 9.51. The van der Waals surface area contributed by atoms with Gasteiger partial charge in [-0.05, 0) is 55.1 Å². The van der Waals surface area contributed by atoms with E-state index in [0.717, 1.165) is 32.6 Å². The molecule has 2 N–H and O–H groups in total. The Morgan fingerprint density at radius 1 is 1.00 bits per heavy atom. The first-order chi connectivity index (χ1) is 11.8. The smallest absolute Gasteiger partial charge is 0.0471 e. The van der Waals surface area contributed by atoms with E-state index in [9.17, 15) is 5.11 Å². The highest BCUT2D eigenvalue weighted by Crippen LogP contribution is 2.48. The molecule has 2 aromatic rings. The number of hydrogen-bond donors (Lipinski definition) is 2. The largest absolute Gasteiger partial charge is 0.396 e. The SMILES string of the molecule is OCCc1cccc2c1C1(CCNCC1)CN2Cc1ccccc1. The zero-order valence-electron chi connectivity index (χ0n) is 14.2. The van der Waals surface area contributed by atoms with Crippen LogP contribution in [0.5, 0.6) is 0 Å². The second-order valence-corrected chi connectivity index (χ2v) is 7.16. The Morgan fingerprint density at radius 3 is 2.54 bits per heavy atom. The topological polar surface area (TPSA) is 35.5 Å². The van der Waals surface area contributed by atoms with E-state index in [1.54, 1.807) is 0 Å². The normalized spacial score (nSPS) is 18.8. The first-order valence-corrected chi connectivity index (χ1v) is 9.05. The summed E-state index contributed by atoms with van der Waals surface area (Å²) in [4.78, 5) is 2.55. The van der Waals surface area contributed by atoms with Gasteiger partial charge in [-0.2, -0.15) is 0 Å². The Balaban J connectivity index is 1.74. The van der Waals surface area contributed by atoms with Gasteiger partial charge in [0.15, 0.2) is 0 Å². The van der Waals surface area contributed by atoms with Crippen molar-refractivity contribution in [2.24, 2.45) is 0 Å². The molecule has 0 saturated carbocycles. The predicted octanol–water partition coefficient (Wildman–Crippen LogP) is 2.86. The van der Waals surface area contributed by atoms with Crippen LogP contribution in [-0.2, 0) is 18.4 Å². The Kier molecular flexibility index (Phi) is 4.30. The molecule has 0 aliphatic carbocycles. The van der Waals surface area contributed by atoms with Gasteiger partial charge in [0, 0.05) is 30.8 Å². The Morgan fingerprint density at radius 2 is 1.79 bits per heavy atom. The van der Waals surface area contributed by atoms with Gasteiger partial charge in [0.05, 0.1) is 0 Å². The Bertz CT molecular complexity index is 692. The Hall–Kier alpha value is -1.84. The third kappa shape index (κ3) is 2.72. The van der Waals surface area contributed by atoms with E-state index in [4.69, 9.17) is 0 Å².